The number of hydrogen-bond donors (Lipinski definition) is 1. The summed E-state index contributed by atoms with van der Waals surface area (Å²) in [5.41, 5.74) is 2.92. The molecule has 0 saturated carbocycles. The van der Waals surface area contributed by atoms with E-state index in [2.05, 4.69) is 10.8 Å². The number of rotatable bonds is 4. The van der Waals surface area contributed by atoms with E-state index in [9.17, 15) is 13.2 Å². The van der Waals surface area contributed by atoms with Gasteiger partial charge in [0, 0.05) is 23.7 Å². The summed E-state index contributed by atoms with van der Waals surface area (Å²) >= 11 is 6.08. The molecule has 1 aliphatic rings. The maximum absolute atomic E-state index is 12.9. The Bertz CT molecular complexity index is 951. The highest BCUT2D eigenvalue weighted by atomic mass is 35.5. The molecule has 0 aliphatic carbocycles. The first-order chi connectivity index (χ1) is 12.7. The van der Waals surface area contributed by atoms with Crippen molar-refractivity contribution in [1.29, 1.82) is 0 Å². The molecule has 144 valence electrons. The molecule has 2 aromatic carbocycles. The number of carbonyl (C=O) groups is 1. The van der Waals surface area contributed by atoms with Gasteiger partial charge in [0.25, 0.3) is 5.91 Å². The monoisotopic (exact) mass is 406 g/mol. The van der Waals surface area contributed by atoms with Crippen LogP contribution < -0.4 is 4.72 Å². The lowest BCUT2D eigenvalue weighted by atomic mass is 9.89. The van der Waals surface area contributed by atoms with E-state index in [-0.39, 0.29) is 5.91 Å². The van der Waals surface area contributed by atoms with Gasteiger partial charge in [0.2, 0.25) is 10.0 Å². The first-order valence-electron chi connectivity index (χ1n) is 8.86. The van der Waals surface area contributed by atoms with Crippen LogP contribution in [0.3, 0.4) is 0 Å². The number of nitrogens with zero attached hydrogens (tertiary/aromatic N) is 1. The minimum atomic E-state index is -3.39. The summed E-state index contributed by atoms with van der Waals surface area (Å²) in [4.78, 5) is 14.7. The molecule has 0 spiro atoms. The Morgan fingerprint density at radius 1 is 1.15 bits per heavy atom. The van der Waals surface area contributed by atoms with Crippen molar-refractivity contribution >= 4 is 33.2 Å². The fraction of sp³-hybridized carbons (Fsp3) is 0.350. The molecule has 0 radical (unpaired) electrons. The molecule has 1 N–H and O–H groups in total. The fourth-order valence-electron chi connectivity index (χ4n) is 3.42. The zero-order chi connectivity index (χ0) is 19.6. The van der Waals surface area contributed by atoms with E-state index >= 15 is 0 Å². The number of benzene rings is 2. The highest BCUT2D eigenvalue weighted by Crippen LogP contribution is 2.30. The number of piperidine rings is 1. The summed E-state index contributed by atoms with van der Waals surface area (Å²) in [6.45, 7) is 3.13. The standard InChI is InChI=1S/C20H23ClN2O3S/c1-14-6-7-17(13-19(14)22-27(2,25)26)20(24)23-10-8-15(9-11-23)16-4-3-5-18(21)12-16/h3-7,12-13,15,22H,8-11H2,1-2H3. The first kappa shape index (κ1) is 19.7. The SMILES string of the molecule is Cc1ccc(C(=O)N2CCC(c3cccc(Cl)c3)CC2)cc1NS(C)(=O)=O. The second-order valence-electron chi connectivity index (χ2n) is 7.03. The number of likely N-dealkylation sites (tertiary alicyclic amines) is 1. The van der Waals surface area contributed by atoms with Crippen molar-refractivity contribution in [2.24, 2.45) is 0 Å². The molecule has 0 unspecified atom stereocenters. The van der Waals surface area contributed by atoms with Crippen molar-refractivity contribution in [3.05, 3.63) is 64.2 Å². The van der Waals surface area contributed by atoms with E-state index in [1.54, 1.807) is 25.1 Å². The quantitative estimate of drug-likeness (QED) is 0.833. The smallest absolute Gasteiger partial charge is 0.253 e. The zero-order valence-electron chi connectivity index (χ0n) is 15.4. The predicted molar refractivity (Wildman–Crippen MR) is 109 cm³/mol. The number of carbonyl (C=O) groups excluding carboxylic acids is 1. The Labute approximate surface area is 165 Å². The van der Waals surface area contributed by atoms with Gasteiger partial charge in [-0.25, -0.2) is 8.42 Å². The summed E-state index contributed by atoms with van der Waals surface area (Å²) in [5, 5.41) is 0.733. The fourth-order valence-corrected chi connectivity index (χ4v) is 4.24. The number of sulfonamides is 1. The van der Waals surface area contributed by atoms with Gasteiger partial charge < -0.3 is 4.90 Å². The molecule has 1 fully saturated rings. The van der Waals surface area contributed by atoms with Gasteiger partial charge in [-0.05, 0) is 61.1 Å². The minimum Gasteiger partial charge on any atom is -0.339 e. The van der Waals surface area contributed by atoms with Crippen molar-refractivity contribution in [3.8, 4) is 0 Å². The Morgan fingerprint density at radius 3 is 2.48 bits per heavy atom. The van der Waals surface area contributed by atoms with E-state index in [1.807, 2.05) is 23.1 Å². The summed E-state index contributed by atoms with van der Waals surface area (Å²) in [5.74, 6) is 0.323. The largest absolute Gasteiger partial charge is 0.339 e. The van der Waals surface area contributed by atoms with Crippen molar-refractivity contribution < 1.29 is 13.2 Å². The van der Waals surface area contributed by atoms with Crippen LogP contribution in [0.25, 0.3) is 0 Å². The van der Waals surface area contributed by atoms with Gasteiger partial charge in [-0.1, -0.05) is 29.8 Å². The third-order valence-electron chi connectivity index (χ3n) is 4.88. The topological polar surface area (TPSA) is 66.5 Å². The van der Waals surface area contributed by atoms with Gasteiger partial charge in [0.15, 0.2) is 0 Å². The highest BCUT2D eigenvalue weighted by molar-refractivity contribution is 7.92. The lowest BCUT2D eigenvalue weighted by Crippen LogP contribution is -2.38. The number of anilines is 1. The lowest BCUT2D eigenvalue weighted by molar-refractivity contribution is 0.0713. The van der Waals surface area contributed by atoms with Crippen molar-refractivity contribution in [2.45, 2.75) is 25.7 Å². The Hall–Kier alpha value is -2.05. The molecule has 1 aliphatic heterocycles. The van der Waals surface area contributed by atoms with E-state index in [1.165, 1.54) is 5.56 Å². The summed E-state index contributed by atoms with van der Waals surface area (Å²) < 4.78 is 25.5. The number of nitrogens with one attached hydrogen (secondary N) is 1. The van der Waals surface area contributed by atoms with Crippen LogP contribution in [0.1, 0.15) is 40.2 Å². The van der Waals surface area contributed by atoms with Gasteiger partial charge in [-0.2, -0.15) is 0 Å². The van der Waals surface area contributed by atoms with Crippen LogP contribution in [0.2, 0.25) is 5.02 Å². The Balaban J connectivity index is 1.70. The predicted octanol–water partition coefficient (Wildman–Crippen LogP) is 4.04. The number of hydrogen-bond acceptors (Lipinski definition) is 3. The number of aryl methyl sites for hydroxylation is 1. The van der Waals surface area contributed by atoms with Crippen LogP contribution in [0.15, 0.2) is 42.5 Å². The van der Waals surface area contributed by atoms with Gasteiger partial charge in [-0.15, -0.1) is 0 Å². The second-order valence-corrected chi connectivity index (χ2v) is 9.21. The lowest BCUT2D eigenvalue weighted by Gasteiger charge is -2.32. The maximum atomic E-state index is 12.9. The molecule has 3 rings (SSSR count). The molecule has 27 heavy (non-hydrogen) atoms. The Morgan fingerprint density at radius 2 is 1.85 bits per heavy atom. The molecule has 0 atom stereocenters. The molecule has 2 aromatic rings. The van der Waals surface area contributed by atoms with Crippen LogP contribution >= 0.6 is 11.6 Å². The first-order valence-corrected chi connectivity index (χ1v) is 11.1. The van der Waals surface area contributed by atoms with Crippen LogP contribution in [0, 0.1) is 6.92 Å². The van der Waals surface area contributed by atoms with Crippen LogP contribution in [-0.2, 0) is 10.0 Å². The normalized spacial score (nSPS) is 15.6. The minimum absolute atomic E-state index is 0.0731. The maximum Gasteiger partial charge on any atom is 0.253 e. The third-order valence-corrected chi connectivity index (χ3v) is 5.71. The van der Waals surface area contributed by atoms with Crippen molar-refractivity contribution in [3.63, 3.8) is 0 Å². The van der Waals surface area contributed by atoms with Gasteiger partial charge in [0.1, 0.15) is 0 Å². The zero-order valence-corrected chi connectivity index (χ0v) is 17.0. The third kappa shape index (κ3) is 5.02. The molecular formula is C20H23ClN2O3S. The van der Waals surface area contributed by atoms with Crippen molar-refractivity contribution in [1.82, 2.24) is 4.90 Å². The summed E-state index contributed by atoms with van der Waals surface area (Å²) in [6, 6.07) is 13.0. The van der Waals surface area contributed by atoms with Crippen molar-refractivity contribution in [2.75, 3.05) is 24.1 Å². The second kappa shape index (κ2) is 7.90. The van der Waals surface area contributed by atoms with E-state index in [0.717, 1.165) is 29.7 Å². The van der Waals surface area contributed by atoms with E-state index in [4.69, 9.17) is 11.6 Å². The van der Waals surface area contributed by atoms with Gasteiger partial charge in [-0.3, -0.25) is 9.52 Å². The molecule has 0 bridgehead atoms. The number of halogens is 1. The molecule has 1 saturated heterocycles. The van der Waals surface area contributed by atoms with E-state index in [0.29, 0.717) is 30.3 Å². The molecule has 1 heterocycles. The van der Waals surface area contributed by atoms with E-state index < -0.39 is 10.0 Å². The highest BCUT2D eigenvalue weighted by Gasteiger charge is 2.25. The average Bonchev–Trinajstić information content (AvgIpc) is 2.62. The molecule has 0 aromatic heterocycles. The molecule has 7 heteroatoms. The van der Waals surface area contributed by atoms with Crippen LogP contribution in [-0.4, -0.2) is 38.6 Å². The van der Waals surface area contributed by atoms with Crippen LogP contribution in [0.5, 0.6) is 0 Å². The number of amides is 1. The molecule has 1 amide bonds. The summed E-state index contributed by atoms with van der Waals surface area (Å²) in [7, 11) is -3.39. The van der Waals surface area contributed by atoms with Gasteiger partial charge >= 0.3 is 0 Å². The summed E-state index contributed by atoms with van der Waals surface area (Å²) in [6.07, 6.45) is 2.86. The molecule has 5 nitrogen and oxygen atoms in total. The molecular weight excluding hydrogens is 384 g/mol. The van der Waals surface area contributed by atoms with Crippen LogP contribution in [0.4, 0.5) is 5.69 Å². The average molecular weight is 407 g/mol. The van der Waals surface area contributed by atoms with Gasteiger partial charge in [0.05, 0.1) is 11.9 Å². The Kier molecular flexibility index (Phi) is 5.77.